The van der Waals surface area contributed by atoms with E-state index in [0.29, 0.717) is 11.5 Å². The zero-order valence-corrected chi connectivity index (χ0v) is 9.29. The van der Waals surface area contributed by atoms with E-state index in [4.69, 9.17) is 0 Å². The summed E-state index contributed by atoms with van der Waals surface area (Å²) in [6.07, 6.45) is 2.36. The van der Waals surface area contributed by atoms with Crippen LogP contribution in [0.25, 0.3) is 0 Å². The standard InChI is InChI=1S/C11H22N2O/c1-11(2)3-5-13(6-4-11)9-7-12-8-10(9)14/h9-10,12,14H,3-8H2,1-2H3/t9-,10-/m1/s1. The van der Waals surface area contributed by atoms with Gasteiger partial charge in [0.05, 0.1) is 6.10 Å². The molecule has 0 aromatic carbocycles. The van der Waals surface area contributed by atoms with Gasteiger partial charge in [0.1, 0.15) is 0 Å². The summed E-state index contributed by atoms with van der Waals surface area (Å²) in [5, 5.41) is 13.0. The van der Waals surface area contributed by atoms with Crippen LogP contribution in [0.1, 0.15) is 26.7 Å². The van der Waals surface area contributed by atoms with Gasteiger partial charge in [0, 0.05) is 19.1 Å². The molecule has 3 heteroatoms. The molecule has 3 nitrogen and oxygen atoms in total. The molecular formula is C11H22N2O. The topological polar surface area (TPSA) is 35.5 Å². The van der Waals surface area contributed by atoms with Crippen molar-refractivity contribution in [2.24, 2.45) is 5.41 Å². The maximum Gasteiger partial charge on any atom is 0.0831 e. The van der Waals surface area contributed by atoms with Crippen molar-refractivity contribution in [3.63, 3.8) is 0 Å². The van der Waals surface area contributed by atoms with Gasteiger partial charge >= 0.3 is 0 Å². The van der Waals surface area contributed by atoms with Crippen LogP contribution in [-0.2, 0) is 0 Å². The van der Waals surface area contributed by atoms with Crippen molar-refractivity contribution in [2.75, 3.05) is 26.2 Å². The van der Waals surface area contributed by atoms with E-state index in [2.05, 4.69) is 24.1 Å². The van der Waals surface area contributed by atoms with Crippen LogP contribution in [0.5, 0.6) is 0 Å². The van der Waals surface area contributed by atoms with Crippen molar-refractivity contribution in [2.45, 2.75) is 38.8 Å². The Morgan fingerprint density at radius 2 is 1.86 bits per heavy atom. The van der Waals surface area contributed by atoms with E-state index in [1.165, 1.54) is 12.8 Å². The molecule has 0 saturated carbocycles. The maximum atomic E-state index is 9.77. The SMILES string of the molecule is CC1(C)CCN([C@@H]2CNC[C@H]2O)CC1. The molecule has 2 N–H and O–H groups in total. The lowest BCUT2D eigenvalue weighted by Gasteiger charge is -2.40. The number of nitrogens with one attached hydrogen (secondary N) is 1. The van der Waals surface area contributed by atoms with E-state index < -0.39 is 0 Å². The predicted octanol–water partition coefficient (Wildman–Crippen LogP) is 0.441. The van der Waals surface area contributed by atoms with Crippen molar-refractivity contribution in [3.05, 3.63) is 0 Å². The first-order valence-corrected chi connectivity index (χ1v) is 5.71. The van der Waals surface area contributed by atoms with E-state index in [-0.39, 0.29) is 6.10 Å². The van der Waals surface area contributed by atoms with Crippen molar-refractivity contribution < 1.29 is 5.11 Å². The largest absolute Gasteiger partial charge is 0.390 e. The molecule has 0 aliphatic carbocycles. The van der Waals surface area contributed by atoms with Crippen molar-refractivity contribution in [1.82, 2.24) is 10.2 Å². The molecule has 14 heavy (non-hydrogen) atoms. The molecule has 0 radical (unpaired) electrons. The van der Waals surface area contributed by atoms with E-state index in [0.717, 1.165) is 26.2 Å². The van der Waals surface area contributed by atoms with Crippen LogP contribution in [-0.4, -0.2) is 48.3 Å². The summed E-state index contributed by atoms with van der Waals surface area (Å²) in [5.41, 5.74) is 0.507. The summed E-state index contributed by atoms with van der Waals surface area (Å²) >= 11 is 0. The number of piperidine rings is 1. The third kappa shape index (κ3) is 2.10. The van der Waals surface area contributed by atoms with Gasteiger partial charge in [-0.1, -0.05) is 13.8 Å². The number of aliphatic hydroxyl groups excluding tert-OH is 1. The van der Waals surface area contributed by atoms with E-state index in [1.54, 1.807) is 0 Å². The Balaban J connectivity index is 1.89. The summed E-state index contributed by atoms with van der Waals surface area (Å²) in [6, 6.07) is 0.367. The molecule has 0 bridgehead atoms. The molecule has 0 aromatic rings. The first-order chi connectivity index (χ1) is 6.58. The van der Waals surface area contributed by atoms with Crippen LogP contribution >= 0.6 is 0 Å². The molecule has 0 aromatic heterocycles. The molecule has 2 atom stereocenters. The number of likely N-dealkylation sites (tertiary alicyclic amines) is 1. The average Bonchev–Trinajstić information content (AvgIpc) is 2.52. The van der Waals surface area contributed by atoms with Crippen LogP contribution < -0.4 is 5.32 Å². The third-order valence-corrected chi connectivity index (χ3v) is 3.77. The Hall–Kier alpha value is -0.120. The maximum absolute atomic E-state index is 9.77. The van der Waals surface area contributed by atoms with Crippen LogP contribution in [0, 0.1) is 5.41 Å². The molecule has 2 saturated heterocycles. The highest BCUT2D eigenvalue weighted by Crippen LogP contribution is 2.31. The lowest BCUT2D eigenvalue weighted by atomic mass is 9.82. The van der Waals surface area contributed by atoms with Gasteiger partial charge in [0.2, 0.25) is 0 Å². The summed E-state index contributed by atoms with van der Waals surface area (Å²) in [4.78, 5) is 2.45. The highest BCUT2D eigenvalue weighted by atomic mass is 16.3. The molecule has 2 aliphatic rings. The average molecular weight is 198 g/mol. The van der Waals surface area contributed by atoms with Gasteiger partial charge in [-0.15, -0.1) is 0 Å². The zero-order chi connectivity index (χ0) is 10.2. The second-order valence-electron chi connectivity index (χ2n) is 5.49. The molecular weight excluding hydrogens is 176 g/mol. The second kappa shape index (κ2) is 3.80. The molecule has 2 heterocycles. The minimum atomic E-state index is -0.156. The second-order valence-corrected chi connectivity index (χ2v) is 5.49. The van der Waals surface area contributed by atoms with Gasteiger partial charge in [0.15, 0.2) is 0 Å². The number of hydrogen-bond acceptors (Lipinski definition) is 3. The van der Waals surface area contributed by atoms with E-state index in [9.17, 15) is 5.11 Å². The Morgan fingerprint density at radius 3 is 2.36 bits per heavy atom. The van der Waals surface area contributed by atoms with Crippen molar-refractivity contribution >= 4 is 0 Å². The summed E-state index contributed by atoms with van der Waals surface area (Å²) in [5.74, 6) is 0. The minimum Gasteiger partial charge on any atom is -0.390 e. The fraction of sp³-hybridized carbons (Fsp3) is 1.00. The first-order valence-electron chi connectivity index (χ1n) is 5.71. The van der Waals surface area contributed by atoms with E-state index >= 15 is 0 Å². The van der Waals surface area contributed by atoms with Gasteiger partial charge in [-0.05, 0) is 31.3 Å². The van der Waals surface area contributed by atoms with Crippen molar-refractivity contribution in [3.8, 4) is 0 Å². The number of β-amino-alcohol motifs (C(OH)–C–C–N with tert-alkyl or cyclic N) is 1. The molecule has 0 amide bonds. The minimum absolute atomic E-state index is 0.156. The number of rotatable bonds is 1. The van der Waals surface area contributed by atoms with Crippen molar-refractivity contribution in [1.29, 1.82) is 0 Å². The molecule has 2 fully saturated rings. The van der Waals surface area contributed by atoms with E-state index in [1.807, 2.05) is 0 Å². The Bertz CT molecular complexity index is 195. The molecule has 0 spiro atoms. The fourth-order valence-electron chi connectivity index (χ4n) is 2.48. The third-order valence-electron chi connectivity index (χ3n) is 3.77. The number of hydrogen-bond donors (Lipinski definition) is 2. The monoisotopic (exact) mass is 198 g/mol. The fourth-order valence-corrected chi connectivity index (χ4v) is 2.48. The van der Waals surface area contributed by atoms with Gasteiger partial charge in [0.25, 0.3) is 0 Å². The van der Waals surface area contributed by atoms with Crippen LogP contribution in [0.4, 0.5) is 0 Å². The predicted molar refractivity (Wildman–Crippen MR) is 57.3 cm³/mol. The molecule has 82 valence electrons. The van der Waals surface area contributed by atoms with Gasteiger partial charge < -0.3 is 10.4 Å². The summed E-state index contributed by atoms with van der Waals surface area (Å²) in [6.45, 7) is 8.71. The number of nitrogens with zero attached hydrogens (tertiary/aromatic N) is 1. The highest BCUT2D eigenvalue weighted by Gasteiger charge is 2.34. The molecule has 0 unspecified atom stereocenters. The number of aliphatic hydroxyl groups is 1. The lowest BCUT2D eigenvalue weighted by Crippen LogP contribution is -2.48. The van der Waals surface area contributed by atoms with Crippen LogP contribution in [0.2, 0.25) is 0 Å². The van der Waals surface area contributed by atoms with Gasteiger partial charge in [-0.25, -0.2) is 0 Å². The summed E-state index contributed by atoms with van der Waals surface area (Å²) in [7, 11) is 0. The van der Waals surface area contributed by atoms with Gasteiger partial charge in [-0.3, -0.25) is 4.90 Å². The van der Waals surface area contributed by atoms with Crippen LogP contribution in [0.15, 0.2) is 0 Å². The lowest BCUT2D eigenvalue weighted by molar-refractivity contribution is 0.0417. The smallest absolute Gasteiger partial charge is 0.0831 e. The highest BCUT2D eigenvalue weighted by molar-refractivity contribution is 4.91. The zero-order valence-electron chi connectivity index (χ0n) is 9.29. The molecule has 2 rings (SSSR count). The molecule has 2 aliphatic heterocycles. The Labute approximate surface area is 86.5 Å². The quantitative estimate of drug-likeness (QED) is 0.642. The normalized spacial score (nSPS) is 38.8. The van der Waals surface area contributed by atoms with Crippen LogP contribution in [0.3, 0.4) is 0 Å². The van der Waals surface area contributed by atoms with Gasteiger partial charge in [-0.2, -0.15) is 0 Å². The Kier molecular flexibility index (Phi) is 2.82. The Morgan fingerprint density at radius 1 is 1.21 bits per heavy atom. The summed E-state index contributed by atoms with van der Waals surface area (Å²) < 4.78 is 0. The first kappa shape index (κ1) is 10.4.